The lowest BCUT2D eigenvalue weighted by molar-refractivity contribution is -0.142. The van der Waals surface area contributed by atoms with E-state index < -0.39 is 54.0 Å². The number of carboxylic acid groups (broad SMARTS) is 1. The third-order valence-electron chi connectivity index (χ3n) is 10.3. The topological polar surface area (TPSA) is 169 Å². The molecule has 286 valence electrons. The monoisotopic (exact) mass is 747 g/mol. The summed E-state index contributed by atoms with van der Waals surface area (Å²) >= 11 is 0. The number of hydrogen-bond acceptors (Lipinski definition) is 5. The molecule has 4 aromatic carbocycles. The molecule has 12 heteroatoms. The molecule has 1 aromatic heterocycles. The average Bonchev–Trinajstić information content (AvgIpc) is 3.60. The van der Waals surface area contributed by atoms with E-state index in [1.165, 1.54) is 12.1 Å². The molecule has 1 aliphatic carbocycles. The van der Waals surface area contributed by atoms with Gasteiger partial charge >= 0.3 is 5.97 Å². The molecule has 0 unspecified atom stereocenters. The minimum Gasteiger partial charge on any atom is -0.481 e. The lowest BCUT2D eigenvalue weighted by atomic mass is 9.77. The van der Waals surface area contributed by atoms with Crippen molar-refractivity contribution in [2.45, 2.75) is 63.5 Å². The highest BCUT2D eigenvalue weighted by molar-refractivity contribution is 5.95. The van der Waals surface area contributed by atoms with Crippen molar-refractivity contribution in [1.82, 2.24) is 26.3 Å². The maximum atomic E-state index is 14.1. The summed E-state index contributed by atoms with van der Waals surface area (Å²) in [6.45, 7) is 0.496. The summed E-state index contributed by atoms with van der Waals surface area (Å²) in [4.78, 5) is 69.6. The predicted octanol–water partition coefficient (Wildman–Crippen LogP) is 4.97. The summed E-state index contributed by atoms with van der Waals surface area (Å²) < 4.78 is 13.3. The van der Waals surface area contributed by atoms with Crippen molar-refractivity contribution in [2.24, 2.45) is 11.8 Å². The largest absolute Gasteiger partial charge is 0.481 e. The molecule has 0 aliphatic heterocycles. The summed E-state index contributed by atoms with van der Waals surface area (Å²) in [5.74, 6) is -5.35. The molecule has 0 spiro atoms. The molecule has 1 heterocycles. The average molecular weight is 748 g/mol. The number of amides is 4. The zero-order valence-electron chi connectivity index (χ0n) is 30.5. The molecule has 1 saturated carbocycles. The smallest absolute Gasteiger partial charge is 0.305 e. The maximum Gasteiger partial charge on any atom is 0.305 e. The van der Waals surface area contributed by atoms with Gasteiger partial charge in [-0.3, -0.25) is 24.0 Å². The lowest BCUT2D eigenvalue weighted by Gasteiger charge is -2.32. The van der Waals surface area contributed by atoms with Crippen LogP contribution in [0.25, 0.3) is 21.7 Å². The summed E-state index contributed by atoms with van der Waals surface area (Å²) in [7, 11) is 0. The molecule has 0 radical (unpaired) electrons. The number of carbonyl (C=O) groups is 5. The number of para-hydroxylation sites is 1. The number of rotatable bonds is 16. The van der Waals surface area contributed by atoms with Crippen molar-refractivity contribution in [2.75, 3.05) is 13.1 Å². The first-order chi connectivity index (χ1) is 26.6. The number of aliphatic carboxylic acids is 1. The van der Waals surface area contributed by atoms with Crippen LogP contribution in [0.2, 0.25) is 0 Å². The first-order valence-electron chi connectivity index (χ1n) is 18.8. The number of hydrogen-bond donors (Lipinski definition) is 6. The van der Waals surface area contributed by atoms with Gasteiger partial charge in [0, 0.05) is 48.4 Å². The minimum atomic E-state index is -1.37. The van der Waals surface area contributed by atoms with Gasteiger partial charge < -0.3 is 31.4 Å². The predicted molar refractivity (Wildman–Crippen MR) is 207 cm³/mol. The van der Waals surface area contributed by atoms with Crippen LogP contribution in [0.4, 0.5) is 4.39 Å². The van der Waals surface area contributed by atoms with E-state index in [1.54, 1.807) is 12.1 Å². The van der Waals surface area contributed by atoms with Crippen molar-refractivity contribution >= 4 is 51.3 Å². The second kappa shape index (κ2) is 18.3. The number of benzene rings is 4. The zero-order chi connectivity index (χ0) is 38.7. The maximum absolute atomic E-state index is 14.1. The van der Waals surface area contributed by atoms with Crippen molar-refractivity contribution in [3.05, 3.63) is 120 Å². The number of carbonyl (C=O) groups excluding carboxylic acids is 4. The van der Waals surface area contributed by atoms with Gasteiger partial charge in [-0.25, -0.2) is 4.39 Å². The van der Waals surface area contributed by atoms with Crippen LogP contribution >= 0.6 is 0 Å². The van der Waals surface area contributed by atoms with Crippen LogP contribution in [-0.2, 0) is 43.2 Å². The third-order valence-corrected chi connectivity index (χ3v) is 10.3. The molecule has 4 atom stereocenters. The molecule has 5 aromatic rings. The van der Waals surface area contributed by atoms with Crippen molar-refractivity contribution < 1.29 is 33.5 Å². The molecular weight excluding hydrogens is 702 g/mol. The number of aromatic nitrogens is 1. The fraction of sp³-hybridized carbons (Fsp3) is 0.326. The Kier molecular flexibility index (Phi) is 12.9. The molecule has 11 nitrogen and oxygen atoms in total. The number of carboxylic acids is 1. The zero-order valence-corrected chi connectivity index (χ0v) is 30.5. The highest BCUT2D eigenvalue weighted by atomic mass is 19.1. The minimum absolute atomic E-state index is 0.146. The van der Waals surface area contributed by atoms with E-state index in [0.29, 0.717) is 45.1 Å². The molecule has 1 aliphatic rings. The van der Waals surface area contributed by atoms with Gasteiger partial charge in [-0.05, 0) is 71.3 Å². The van der Waals surface area contributed by atoms with Crippen LogP contribution in [-0.4, -0.2) is 64.9 Å². The fourth-order valence-corrected chi connectivity index (χ4v) is 7.38. The van der Waals surface area contributed by atoms with E-state index in [2.05, 4.69) is 38.4 Å². The Morgan fingerprint density at radius 2 is 1.29 bits per heavy atom. The van der Waals surface area contributed by atoms with E-state index >= 15 is 0 Å². The fourth-order valence-electron chi connectivity index (χ4n) is 7.38. The summed E-state index contributed by atoms with van der Waals surface area (Å²) in [6.07, 6.45) is 4.47. The van der Waals surface area contributed by atoms with Gasteiger partial charge in [0.1, 0.15) is 17.9 Å². The van der Waals surface area contributed by atoms with E-state index in [4.69, 9.17) is 0 Å². The molecule has 6 N–H and O–H groups in total. The van der Waals surface area contributed by atoms with Gasteiger partial charge in [0.25, 0.3) is 0 Å². The van der Waals surface area contributed by atoms with E-state index in [0.717, 1.165) is 38.4 Å². The van der Waals surface area contributed by atoms with Crippen LogP contribution in [0.5, 0.6) is 0 Å². The number of nitrogens with one attached hydrogen (secondary N) is 5. The SMILES string of the molecule is O=C(O)C[C@@H](NC(=O)[C@@H]1CCCC[C@@H]1C(=O)N[C@@H](Cc1c[nH]c2ccccc12)C(=O)NCCc1ccc2ccccc2c1)C(=O)NCCc1ccc(F)cc1. The number of fused-ring (bicyclic) bond motifs is 2. The third kappa shape index (κ3) is 10.3. The Hall–Kier alpha value is -6.04. The van der Waals surface area contributed by atoms with Crippen LogP contribution < -0.4 is 21.3 Å². The molecule has 6 rings (SSSR count). The highest BCUT2D eigenvalue weighted by Gasteiger charge is 2.39. The Labute approximate surface area is 318 Å². The van der Waals surface area contributed by atoms with E-state index in [9.17, 15) is 33.5 Å². The van der Waals surface area contributed by atoms with Crippen LogP contribution in [0, 0.1) is 17.7 Å². The lowest BCUT2D eigenvalue weighted by Crippen LogP contribution is -2.54. The summed E-state index contributed by atoms with van der Waals surface area (Å²) in [6, 6.07) is 25.4. The van der Waals surface area contributed by atoms with Crippen molar-refractivity contribution in [1.29, 1.82) is 0 Å². The molecule has 0 bridgehead atoms. The standard InChI is InChI=1S/C43H46FN5O6/c44-32-17-14-27(15-18-32)19-21-45-43(55)38(25-39(50)51)49-41(53)35-11-4-3-10-34(35)40(52)48-37(24-31-26-47-36-12-6-5-9-33(31)36)42(54)46-22-20-28-13-16-29-7-1-2-8-30(29)23-28/h1-2,5-9,12-18,23,26,34-35,37-38,47H,3-4,10-11,19-22,24-25H2,(H,45,55)(H,46,54)(H,48,52)(H,49,53)(H,50,51)/t34-,35+,37-,38+/m0/s1. The Bertz CT molecular complexity index is 2150. The van der Waals surface area contributed by atoms with Crippen molar-refractivity contribution in [3.63, 3.8) is 0 Å². The first kappa shape index (κ1) is 38.7. The van der Waals surface area contributed by atoms with Gasteiger partial charge in [-0.2, -0.15) is 0 Å². The molecule has 55 heavy (non-hydrogen) atoms. The molecule has 4 amide bonds. The summed E-state index contributed by atoms with van der Waals surface area (Å²) in [5.41, 5.74) is 3.59. The van der Waals surface area contributed by atoms with Gasteiger partial charge in [-0.15, -0.1) is 0 Å². The first-order valence-corrected chi connectivity index (χ1v) is 18.8. The van der Waals surface area contributed by atoms with E-state index in [1.807, 2.05) is 60.8 Å². The van der Waals surface area contributed by atoms with Crippen molar-refractivity contribution in [3.8, 4) is 0 Å². The Morgan fingerprint density at radius 3 is 1.98 bits per heavy atom. The molecule has 1 fully saturated rings. The highest BCUT2D eigenvalue weighted by Crippen LogP contribution is 2.31. The summed E-state index contributed by atoms with van der Waals surface area (Å²) in [5, 5.41) is 24.0. The van der Waals surface area contributed by atoms with Crippen LogP contribution in [0.3, 0.4) is 0 Å². The van der Waals surface area contributed by atoms with E-state index in [-0.39, 0.29) is 24.7 Å². The quantitative estimate of drug-likeness (QED) is 0.0833. The number of H-pyrrole nitrogens is 1. The van der Waals surface area contributed by atoms with Crippen LogP contribution in [0.1, 0.15) is 48.8 Å². The van der Waals surface area contributed by atoms with Gasteiger partial charge in [0.05, 0.1) is 6.42 Å². The molecule has 0 saturated heterocycles. The number of halogens is 1. The Morgan fingerprint density at radius 1 is 0.709 bits per heavy atom. The van der Waals surface area contributed by atoms with Gasteiger partial charge in [0.2, 0.25) is 23.6 Å². The van der Waals surface area contributed by atoms with Crippen LogP contribution in [0.15, 0.2) is 97.2 Å². The second-order valence-electron chi connectivity index (χ2n) is 14.2. The number of aromatic amines is 1. The Balaban J connectivity index is 1.12. The van der Waals surface area contributed by atoms with Gasteiger partial charge in [-0.1, -0.05) is 85.6 Å². The van der Waals surface area contributed by atoms with Gasteiger partial charge in [0.15, 0.2) is 0 Å². The second-order valence-corrected chi connectivity index (χ2v) is 14.2. The molecular formula is C43H46FN5O6. The normalized spacial score (nSPS) is 16.5.